The number of hydrogen-bond donors (Lipinski definition) is 1. The van der Waals surface area contributed by atoms with Gasteiger partial charge in [0.05, 0.1) is 21.3 Å². The summed E-state index contributed by atoms with van der Waals surface area (Å²) >= 11 is 0. The van der Waals surface area contributed by atoms with Crippen LogP contribution < -0.4 is 14.2 Å². The number of nitrogens with zero attached hydrogens (tertiary/aromatic N) is 1. The van der Waals surface area contributed by atoms with Crippen LogP contribution in [-0.2, 0) is 12.8 Å². The molecule has 1 aliphatic carbocycles. The number of ether oxygens (including phenoxy) is 3. The largest absolute Gasteiger partial charge is 0.504 e. The van der Waals surface area contributed by atoms with Gasteiger partial charge in [-0.25, -0.2) is 0 Å². The van der Waals surface area contributed by atoms with Crippen LogP contribution in [0.25, 0.3) is 11.1 Å². The number of likely N-dealkylation sites (N-methyl/N-ethyl adjacent to an activating group) is 1. The van der Waals surface area contributed by atoms with Gasteiger partial charge in [0.25, 0.3) is 0 Å². The summed E-state index contributed by atoms with van der Waals surface area (Å²) in [5.41, 5.74) is 5.49. The van der Waals surface area contributed by atoms with E-state index in [4.69, 9.17) is 14.2 Å². The third-order valence-electron chi connectivity index (χ3n) is 5.50. The van der Waals surface area contributed by atoms with E-state index in [-0.39, 0.29) is 11.8 Å². The molecule has 1 heterocycles. The Morgan fingerprint density at radius 2 is 1.60 bits per heavy atom. The minimum Gasteiger partial charge on any atom is -0.504 e. The smallest absolute Gasteiger partial charge is 0.166 e. The lowest BCUT2D eigenvalue weighted by Gasteiger charge is -2.40. The summed E-state index contributed by atoms with van der Waals surface area (Å²) in [6.07, 6.45) is 1.84. The molecule has 5 nitrogen and oxygen atoms in total. The minimum atomic E-state index is 0.203. The lowest BCUT2D eigenvalue weighted by Crippen LogP contribution is -2.35. The zero-order chi connectivity index (χ0) is 17.7. The van der Waals surface area contributed by atoms with Gasteiger partial charge in [-0.3, -0.25) is 4.90 Å². The molecule has 5 heteroatoms. The van der Waals surface area contributed by atoms with Crippen LogP contribution in [0.3, 0.4) is 0 Å². The van der Waals surface area contributed by atoms with Crippen LogP contribution >= 0.6 is 0 Å². The van der Waals surface area contributed by atoms with E-state index < -0.39 is 0 Å². The molecular weight excluding hydrogens is 318 g/mol. The number of rotatable bonds is 3. The third kappa shape index (κ3) is 2.26. The summed E-state index contributed by atoms with van der Waals surface area (Å²) < 4.78 is 16.4. The van der Waals surface area contributed by atoms with Gasteiger partial charge in [0.1, 0.15) is 0 Å². The van der Waals surface area contributed by atoms with E-state index in [1.807, 2.05) is 18.2 Å². The van der Waals surface area contributed by atoms with Crippen LogP contribution in [0, 0.1) is 0 Å². The monoisotopic (exact) mass is 341 g/mol. The maximum atomic E-state index is 10.9. The van der Waals surface area contributed by atoms with Crippen molar-refractivity contribution < 1.29 is 19.3 Å². The van der Waals surface area contributed by atoms with E-state index in [0.717, 1.165) is 36.1 Å². The van der Waals surface area contributed by atoms with E-state index in [9.17, 15) is 5.11 Å². The number of methoxy groups -OCH3 is 3. The first-order chi connectivity index (χ1) is 12.1. The van der Waals surface area contributed by atoms with Crippen LogP contribution in [0.1, 0.15) is 22.7 Å². The van der Waals surface area contributed by atoms with Gasteiger partial charge in [-0.1, -0.05) is 0 Å². The topological polar surface area (TPSA) is 51.2 Å². The summed E-state index contributed by atoms with van der Waals surface area (Å²) in [5, 5.41) is 10.9. The fraction of sp³-hybridized carbons (Fsp3) is 0.400. The fourth-order valence-corrected chi connectivity index (χ4v) is 4.19. The highest BCUT2D eigenvalue weighted by molar-refractivity contribution is 5.84. The van der Waals surface area contributed by atoms with Crippen molar-refractivity contribution in [1.29, 1.82) is 0 Å². The van der Waals surface area contributed by atoms with Gasteiger partial charge in [-0.15, -0.1) is 0 Å². The lowest BCUT2D eigenvalue weighted by atomic mass is 9.76. The zero-order valence-corrected chi connectivity index (χ0v) is 15.0. The molecule has 0 saturated heterocycles. The average Bonchev–Trinajstić information content (AvgIpc) is 2.64. The first-order valence-electron chi connectivity index (χ1n) is 8.47. The molecule has 0 radical (unpaired) electrons. The Labute approximate surface area is 147 Å². The Morgan fingerprint density at radius 1 is 0.960 bits per heavy atom. The molecule has 2 aliphatic rings. The van der Waals surface area contributed by atoms with Crippen LogP contribution in [0.15, 0.2) is 18.2 Å². The molecule has 1 atom stereocenters. The second kappa shape index (κ2) is 5.85. The van der Waals surface area contributed by atoms with Crippen molar-refractivity contribution >= 4 is 0 Å². The Balaban J connectivity index is 2.05. The summed E-state index contributed by atoms with van der Waals surface area (Å²) in [6.45, 7) is 0.994. The number of phenolic OH excluding ortho intramolecular Hbond substituents is 1. The van der Waals surface area contributed by atoms with Gasteiger partial charge >= 0.3 is 0 Å². The lowest BCUT2D eigenvalue weighted by molar-refractivity contribution is 0.226. The molecule has 0 fully saturated rings. The Bertz CT molecular complexity index is 846. The molecule has 2 aromatic rings. The second-order valence-corrected chi connectivity index (χ2v) is 6.69. The molecule has 0 spiro atoms. The molecule has 25 heavy (non-hydrogen) atoms. The van der Waals surface area contributed by atoms with E-state index in [1.165, 1.54) is 11.1 Å². The summed E-state index contributed by atoms with van der Waals surface area (Å²) in [7, 11) is 7.01. The van der Waals surface area contributed by atoms with E-state index in [1.54, 1.807) is 21.3 Å². The van der Waals surface area contributed by atoms with Crippen molar-refractivity contribution in [1.82, 2.24) is 4.90 Å². The molecule has 4 rings (SSSR count). The summed E-state index contributed by atoms with van der Waals surface area (Å²) in [4.78, 5) is 2.36. The highest BCUT2D eigenvalue weighted by Gasteiger charge is 2.36. The van der Waals surface area contributed by atoms with Gasteiger partial charge in [-0.2, -0.15) is 0 Å². The van der Waals surface area contributed by atoms with Crippen LogP contribution in [0.4, 0.5) is 0 Å². The molecule has 1 aliphatic heterocycles. The maximum Gasteiger partial charge on any atom is 0.166 e. The minimum absolute atomic E-state index is 0.203. The number of hydrogen-bond acceptors (Lipinski definition) is 5. The number of fused-ring (bicyclic) bond motifs is 2. The Kier molecular flexibility index (Phi) is 3.76. The van der Waals surface area contributed by atoms with Crippen molar-refractivity contribution in [3.8, 4) is 34.1 Å². The molecule has 0 aromatic heterocycles. The van der Waals surface area contributed by atoms with E-state index >= 15 is 0 Å². The number of phenols is 1. The molecule has 0 amide bonds. The predicted molar refractivity (Wildman–Crippen MR) is 96.0 cm³/mol. The number of benzene rings is 2. The fourth-order valence-electron chi connectivity index (χ4n) is 4.19. The molecular formula is C20H23NO4. The standard InChI is InChI=1S/C20H23NO4/c1-21-6-5-11-8-17(25-4)20(22)19-13-10-16(24-3)15(23-2)9-12(13)7-14(21)18(11)19/h8-10,14,22H,5-7H2,1-4H3/t14-/m0/s1. The van der Waals surface area contributed by atoms with Gasteiger partial charge in [0, 0.05) is 18.2 Å². The van der Waals surface area contributed by atoms with E-state index in [0.29, 0.717) is 17.2 Å². The van der Waals surface area contributed by atoms with Crippen molar-refractivity contribution in [3.05, 3.63) is 34.9 Å². The molecule has 2 aromatic carbocycles. The molecule has 132 valence electrons. The van der Waals surface area contributed by atoms with Gasteiger partial charge in [0.2, 0.25) is 0 Å². The molecule has 0 unspecified atom stereocenters. The number of aromatic hydroxyl groups is 1. The highest BCUT2D eigenvalue weighted by atomic mass is 16.5. The zero-order valence-electron chi connectivity index (χ0n) is 15.0. The normalized spacial score (nSPS) is 18.3. The van der Waals surface area contributed by atoms with Crippen molar-refractivity contribution in [2.75, 3.05) is 34.9 Å². The highest BCUT2D eigenvalue weighted by Crippen LogP contribution is 2.53. The first kappa shape index (κ1) is 16.1. The second-order valence-electron chi connectivity index (χ2n) is 6.69. The Morgan fingerprint density at radius 3 is 2.28 bits per heavy atom. The SMILES string of the molecule is COc1cc2c(cc1OC)-c1c(O)c(OC)cc3c1[C@H](C2)N(C)CC3. The summed E-state index contributed by atoms with van der Waals surface area (Å²) in [6, 6.07) is 6.23. The summed E-state index contributed by atoms with van der Waals surface area (Å²) in [5.74, 6) is 2.11. The molecule has 0 bridgehead atoms. The van der Waals surface area contributed by atoms with Crippen LogP contribution in [0.2, 0.25) is 0 Å². The van der Waals surface area contributed by atoms with Crippen LogP contribution in [0.5, 0.6) is 23.0 Å². The quantitative estimate of drug-likeness (QED) is 0.929. The molecule has 0 saturated carbocycles. The average molecular weight is 341 g/mol. The van der Waals surface area contributed by atoms with Crippen LogP contribution in [-0.4, -0.2) is 44.9 Å². The van der Waals surface area contributed by atoms with Crippen molar-refractivity contribution in [2.45, 2.75) is 18.9 Å². The first-order valence-corrected chi connectivity index (χ1v) is 8.47. The van der Waals surface area contributed by atoms with Gasteiger partial charge in [0.15, 0.2) is 23.0 Å². The maximum absolute atomic E-state index is 10.9. The molecule has 1 N–H and O–H groups in total. The van der Waals surface area contributed by atoms with Gasteiger partial charge < -0.3 is 19.3 Å². The van der Waals surface area contributed by atoms with E-state index in [2.05, 4.69) is 11.9 Å². The van der Waals surface area contributed by atoms with Gasteiger partial charge in [-0.05, 0) is 60.3 Å². The third-order valence-corrected chi connectivity index (χ3v) is 5.50. The predicted octanol–water partition coefficient (Wildman–Crippen LogP) is 3.17. The van der Waals surface area contributed by atoms with Crippen molar-refractivity contribution in [2.24, 2.45) is 0 Å². The van der Waals surface area contributed by atoms with Crippen molar-refractivity contribution in [3.63, 3.8) is 0 Å². The Hall–Kier alpha value is -2.40.